The van der Waals surface area contributed by atoms with Gasteiger partial charge in [0.05, 0.1) is 28.7 Å². The SMILES string of the molecule is CCC[N+]1=C(C=CC=CC=C2N(CCCCCC(=O)NCCN(N=O)C(=O)NC3C(O)OC(CO)C(O)C3O)c3cc(S(=O)(=O)O)c4ccc(C)cc4c3C2(C)C)C(C)(C)c2c1ccc1ccc(S(=O)(=O)O)cc21.O=S(=O)=O. The summed E-state index contributed by atoms with van der Waals surface area (Å²) in [6.45, 7) is 12.2. The van der Waals surface area contributed by atoms with Crippen molar-refractivity contribution in [3.8, 4) is 0 Å². The molecular weight excluding hydrogens is 1080 g/mol. The number of aliphatic hydroxyl groups is 4. The number of carbonyl (C=O) groups excluding carboxylic acids is 2. The number of allylic oxidation sites excluding steroid dienone is 6. The predicted molar refractivity (Wildman–Crippen MR) is 288 cm³/mol. The third-order valence-corrected chi connectivity index (χ3v) is 15.8. The van der Waals surface area contributed by atoms with Gasteiger partial charge in [-0.05, 0) is 85.7 Å². The highest BCUT2D eigenvalue weighted by molar-refractivity contribution is 7.86. The predicted octanol–water partition coefficient (Wildman–Crippen LogP) is 4.54. The first-order valence-corrected chi connectivity index (χ1v) is 28.8. The molecule has 1 fully saturated rings. The van der Waals surface area contributed by atoms with E-state index >= 15 is 0 Å². The lowest BCUT2D eigenvalue weighted by Gasteiger charge is -2.40. The molecule has 0 aliphatic carbocycles. The van der Waals surface area contributed by atoms with Crippen LogP contribution in [0.3, 0.4) is 0 Å². The van der Waals surface area contributed by atoms with E-state index in [0.717, 1.165) is 51.0 Å². The Kier molecular flexibility index (Phi) is 19.3. The molecule has 0 aromatic heterocycles. The molecule has 422 valence electrons. The molecule has 3 aliphatic heterocycles. The van der Waals surface area contributed by atoms with Gasteiger partial charge in [0.1, 0.15) is 35.8 Å². The molecule has 78 heavy (non-hydrogen) atoms. The number of urea groups is 1. The molecule has 3 heterocycles. The van der Waals surface area contributed by atoms with Gasteiger partial charge in [-0.25, -0.2) is 4.79 Å². The molecule has 0 spiro atoms. The highest BCUT2D eigenvalue weighted by Crippen LogP contribution is 2.52. The van der Waals surface area contributed by atoms with Crippen LogP contribution >= 0.6 is 0 Å². The van der Waals surface area contributed by atoms with E-state index in [9.17, 15) is 60.9 Å². The van der Waals surface area contributed by atoms with E-state index in [1.54, 1.807) is 18.2 Å². The van der Waals surface area contributed by atoms with Crippen molar-refractivity contribution in [1.29, 1.82) is 0 Å². The summed E-state index contributed by atoms with van der Waals surface area (Å²) in [5, 5.41) is 50.5. The number of fused-ring (bicyclic) bond motifs is 6. The molecule has 1 saturated heterocycles. The molecule has 3 aliphatic rings. The summed E-state index contributed by atoms with van der Waals surface area (Å²) in [4.78, 5) is 38.7. The smallest absolute Gasteiger partial charge is 0.394 e. The van der Waals surface area contributed by atoms with Crippen molar-refractivity contribution in [3.63, 3.8) is 0 Å². The normalized spacial score (nSPS) is 21.2. The molecule has 8 N–H and O–H groups in total. The van der Waals surface area contributed by atoms with E-state index in [2.05, 4.69) is 60.0 Å². The highest BCUT2D eigenvalue weighted by atomic mass is 32.2. The van der Waals surface area contributed by atoms with Gasteiger partial charge in [-0.2, -0.15) is 26.4 Å². The van der Waals surface area contributed by atoms with Gasteiger partial charge in [-0.1, -0.05) is 75.2 Å². The van der Waals surface area contributed by atoms with Crippen LogP contribution in [0.5, 0.6) is 0 Å². The number of nitrogens with one attached hydrogen (secondary N) is 2. The Labute approximate surface area is 453 Å². The molecule has 4 aromatic rings. The number of amides is 3. The summed E-state index contributed by atoms with van der Waals surface area (Å²) in [6.07, 6.45) is 5.83. The quantitative estimate of drug-likeness (QED) is 0.0159. The van der Waals surface area contributed by atoms with Crippen molar-refractivity contribution in [2.24, 2.45) is 5.29 Å². The summed E-state index contributed by atoms with van der Waals surface area (Å²) in [5.74, 6) is -0.368. The van der Waals surface area contributed by atoms with E-state index in [0.29, 0.717) is 53.8 Å². The Balaban J connectivity index is 0.00000238. The third kappa shape index (κ3) is 13.2. The van der Waals surface area contributed by atoms with E-state index < -0.39 is 85.0 Å². The van der Waals surface area contributed by atoms with Gasteiger partial charge >= 0.3 is 16.6 Å². The Morgan fingerprint density at radius 3 is 2.19 bits per heavy atom. The molecule has 0 saturated carbocycles. The first-order chi connectivity index (χ1) is 36.6. The van der Waals surface area contributed by atoms with Crippen molar-refractivity contribution in [2.75, 3.05) is 37.7 Å². The van der Waals surface area contributed by atoms with Crippen molar-refractivity contribution >= 4 is 81.4 Å². The lowest BCUT2D eigenvalue weighted by Crippen LogP contribution is -2.65. The van der Waals surface area contributed by atoms with Gasteiger partial charge in [0.15, 0.2) is 12.0 Å². The van der Waals surface area contributed by atoms with Crippen molar-refractivity contribution in [2.45, 2.75) is 125 Å². The summed E-state index contributed by atoms with van der Waals surface area (Å²) in [6, 6.07) is 12.9. The zero-order chi connectivity index (χ0) is 57.7. The van der Waals surface area contributed by atoms with Crippen LogP contribution in [0.25, 0.3) is 21.5 Å². The fraction of sp³-hybridized carbons (Fsp3) is 0.442. The number of nitrogens with zero attached hydrogens (tertiary/aromatic N) is 4. The Hall–Kier alpha value is -6.33. The third-order valence-electron chi connectivity index (χ3n) is 14.1. The van der Waals surface area contributed by atoms with Crippen molar-refractivity contribution in [3.05, 3.63) is 112 Å². The van der Waals surface area contributed by atoms with Crippen LogP contribution in [0.15, 0.2) is 106 Å². The maximum absolute atomic E-state index is 12.9. The van der Waals surface area contributed by atoms with Crippen LogP contribution in [-0.4, -0.2) is 150 Å². The first kappa shape index (κ1) is 60.9. The van der Waals surface area contributed by atoms with Gasteiger partial charge in [-0.15, -0.1) is 17.5 Å². The maximum atomic E-state index is 12.9. The van der Waals surface area contributed by atoms with Gasteiger partial charge in [0.25, 0.3) is 20.2 Å². The Bertz CT molecular complexity index is 3450. The number of anilines is 1. The summed E-state index contributed by atoms with van der Waals surface area (Å²) in [5.41, 5.74) is 4.96. The van der Waals surface area contributed by atoms with E-state index in [1.807, 2.05) is 55.5 Å². The number of benzene rings is 4. The van der Waals surface area contributed by atoms with Crippen LogP contribution < -0.4 is 15.5 Å². The second-order valence-corrected chi connectivity index (χ2v) is 23.3. The van der Waals surface area contributed by atoms with Crippen LogP contribution in [0.4, 0.5) is 16.2 Å². The summed E-state index contributed by atoms with van der Waals surface area (Å²) in [7, 11) is -12.2. The molecular formula is C52H65N6O17S3+. The Morgan fingerprint density at radius 1 is 0.859 bits per heavy atom. The van der Waals surface area contributed by atoms with Crippen LogP contribution in [0.2, 0.25) is 0 Å². The largest absolute Gasteiger partial charge is 0.425 e. The molecule has 3 amide bonds. The highest BCUT2D eigenvalue weighted by Gasteiger charge is 2.47. The fourth-order valence-electron chi connectivity index (χ4n) is 10.5. The number of aryl methyl sites for hydroxylation is 1. The van der Waals surface area contributed by atoms with Crippen LogP contribution in [0, 0.1) is 11.8 Å². The number of hydrogen-bond donors (Lipinski definition) is 8. The molecule has 5 unspecified atom stereocenters. The number of ether oxygens (including phenoxy) is 1. The zero-order valence-electron chi connectivity index (χ0n) is 43.7. The monoisotopic (exact) mass is 1140 g/mol. The minimum Gasteiger partial charge on any atom is -0.394 e. The molecule has 23 nitrogen and oxygen atoms in total. The summed E-state index contributed by atoms with van der Waals surface area (Å²) >= 11 is 0. The van der Waals surface area contributed by atoms with Crippen molar-refractivity contribution in [1.82, 2.24) is 15.6 Å². The minimum absolute atomic E-state index is 0.0947. The number of aliphatic hydroxyl groups excluding tert-OH is 4. The number of nitroso groups, excluding NO2 is 1. The van der Waals surface area contributed by atoms with Gasteiger partial charge in [0, 0.05) is 65.8 Å². The van der Waals surface area contributed by atoms with E-state index in [-0.39, 0.29) is 35.2 Å². The zero-order valence-corrected chi connectivity index (χ0v) is 46.2. The number of hydrogen-bond acceptors (Lipinski definition) is 17. The maximum Gasteiger partial charge on any atom is 0.425 e. The molecule has 0 bridgehead atoms. The molecule has 5 atom stereocenters. The molecule has 26 heteroatoms. The average molecular weight is 1140 g/mol. The first-order valence-electron chi connectivity index (χ1n) is 24.9. The standard InChI is InChI=1S/C52H64N6O14S2.O3S/c1-7-24-56-37-22-19-32-18-20-33(73(66,67)68)28-35(32)44(37)51(3,4)41(56)14-10-8-11-15-42-52(5,6)45-36-27-31(2)17-21-34(36)40(74(69,70)71)29-38(45)57(42)25-13-9-12-16-43(60)53-23-26-58(55-65)50(64)54-46-48(62)47(61)39(30-59)72-49(46)63;1-4(2)3/h8,10-11,14-15,17-22,27-29,39,46-49,59,61-63H,7,9,12-13,16,23-26,30H2,1-6H3,(H3-,53,54,60,64,66,67,68,69,70,71);/p+1. The van der Waals surface area contributed by atoms with Gasteiger partial charge in [-0.3, -0.25) is 13.9 Å². The van der Waals surface area contributed by atoms with Gasteiger partial charge in [0.2, 0.25) is 11.6 Å². The lowest BCUT2D eigenvalue weighted by atomic mass is 9.79. The average Bonchev–Trinajstić information content (AvgIpc) is 3.87. The second-order valence-electron chi connectivity index (χ2n) is 20.1. The molecule has 0 radical (unpaired) electrons. The second kappa shape index (κ2) is 24.8. The lowest BCUT2D eigenvalue weighted by molar-refractivity contribution is -0.437. The number of carbonyl (C=O) groups is 2. The molecule has 4 aromatic carbocycles. The fourth-order valence-corrected chi connectivity index (χ4v) is 11.7. The van der Waals surface area contributed by atoms with Crippen LogP contribution in [0.1, 0.15) is 83.4 Å². The van der Waals surface area contributed by atoms with E-state index in [4.69, 9.17) is 17.4 Å². The number of rotatable bonds is 19. The van der Waals surface area contributed by atoms with Crippen molar-refractivity contribution < 1.29 is 77.9 Å². The summed E-state index contributed by atoms with van der Waals surface area (Å²) < 4.78 is 103. The van der Waals surface area contributed by atoms with E-state index in [1.165, 1.54) is 18.2 Å². The van der Waals surface area contributed by atoms with Crippen LogP contribution in [-0.2, 0) is 51.2 Å². The van der Waals surface area contributed by atoms with Gasteiger partial charge < -0.3 is 40.7 Å². The Morgan fingerprint density at radius 2 is 1.55 bits per heavy atom. The number of unbranched alkanes of at least 4 members (excludes halogenated alkanes) is 2. The topological polar surface area (TPSA) is 347 Å². The molecule has 7 rings (SSSR count). The minimum atomic E-state index is -4.66.